The van der Waals surface area contributed by atoms with Crippen LogP contribution in [0.15, 0.2) is 29.2 Å². The van der Waals surface area contributed by atoms with Gasteiger partial charge >= 0.3 is 0 Å². The van der Waals surface area contributed by atoms with Crippen LogP contribution < -0.4 is 4.74 Å². The van der Waals surface area contributed by atoms with Gasteiger partial charge in [0.05, 0.1) is 7.11 Å². The minimum Gasteiger partial charge on any atom is -0.497 e. The van der Waals surface area contributed by atoms with E-state index in [9.17, 15) is 4.79 Å². The normalized spacial score (nSPS) is 14.8. The molecule has 1 heterocycles. The van der Waals surface area contributed by atoms with Crippen LogP contribution >= 0.6 is 11.8 Å². The molecule has 1 aliphatic heterocycles. The molecule has 0 unspecified atom stereocenters. The fourth-order valence-electron chi connectivity index (χ4n) is 2.05. The average molecular weight is 265 g/mol. The van der Waals surface area contributed by atoms with E-state index in [1.165, 1.54) is 4.90 Å². The van der Waals surface area contributed by atoms with Gasteiger partial charge in [0.1, 0.15) is 5.75 Å². The Balaban J connectivity index is 1.72. The third-order valence-electron chi connectivity index (χ3n) is 3.10. The summed E-state index contributed by atoms with van der Waals surface area (Å²) in [6.45, 7) is 1.90. The predicted octanol–water partition coefficient (Wildman–Crippen LogP) is 2.80. The molecule has 0 spiro atoms. The zero-order chi connectivity index (χ0) is 12.8. The van der Waals surface area contributed by atoms with Crippen molar-refractivity contribution in [1.82, 2.24) is 4.90 Å². The van der Waals surface area contributed by atoms with E-state index in [2.05, 4.69) is 0 Å². The molecule has 1 amide bonds. The Kier molecular flexibility index (Phi) is 4.93. The summed E-state index contributed by atoms with van der Waals surface area (Å²) >= 11 is 1.72. The first-order valence-corrected chi connectivity index (χ1v) is 7.33. The van der Waals surface area contributed by atoms with E-state index in [1.807, 2.05) is 29.2 Å². The van der Waals surface area contributed by atoms with Crippen LogP contribution in [0.4, 0.5) is 0 Å². The van der Waals surface area contributed by atoms with Crippen LogP contribution in [0, 0.1) is 0 Å². The summed E-state index contributed by atoms with van der Waals surface area (Å²) in [6.07, 6.45) is 2.96. The molecule has 0 N–H and O–H groups in total. The number of ether oxygens (including phenoxy) is 1. The van der Waals surface area contributed by atoms with Crippen molar-refractivity contribution in [2.75, 3.05) is 26.0 Å². The molecule has 3 nitrogen and oxygen atoms in total. The number of carbonyl (C=O) groups is 1. The van der Waals surface area contributed by atoms with Crippen molar-refractivity contribution in [3.63, 3.8) is 0 Å². The second-order valence-electron chi connectivity index (χ2n) is 4.36. The number of carbonyl (C=O) groups excluding carboxylic acids is 1. The molecule has 0 bridgehead atoms. The summed E-state index contributed by atoms with van der Waals surface area (Å²) in [5.41, 5.74) is 0. The Bertz CT molecular complexity index is 385. The summed E-state index contributed by atoms with van der Waals surface area (Å²) in [5, 5.41) is 0. The number of thioether (sulfide) groups is 1. The first kappa shape index (κ1) is 13.3. The Hall–Kier alpha value is -1.16. The lowest BCUT2D eigenvalue weighted by Crippen LogP contribution is -2.27. The lowest BCUT2D eigenvalue weighted by atomic mass is 10.3. The average Bonchev–Trinajstić information content (AvgIpc) is 2.93. The molecule has 0 radical (unpaired) electrons. The van der Waals surface area contributed by atoms with Crippen molar-refractivity contribution in [2.45, 2.75) is 24.2 Å². The first-order valence-electron chi connectivity index (χ1n) is 6.34. The van der Waals surface area contributed by atoms with Gasteiger partial charge in [0.2, 0.25) is 5.91 Å². The maximum Gasteiger partial charge on any atom is 0.223 e. The summed E-state index contributed by atoms with van der Waals surface area (Å²) in [5.74, 6) is 2.02. The minimum atomic E-state index is 0.300. The van der Waals surface area contributed by atoms with E-state index in [-0.39, 0.29) is 0 Å². The van der Waals surface area contributed by atoms with E-state index < -0.39 is 0 Å². The Morgan fingerprint density at radius 2 is 1.94 bits per heavy atom. The zero-order valence-corrected chi connectivity index (χ0v) is 11.5. The molecule has 1 saturated heterocycles. The maximum absolute atomic E-state index is 11.8. The molecule has 0 aliphatic carbocycles. The smallest absolute Gasteiger partial charge is 0.223 e. The number of methoxy groups -OCH3 is 1. The highest BCUT2D eigenvalue weighted by Crippen LogP contribution is 2.22. The van der Waals surface area contributed by atoms with Crippen molar-refractivity contribution in [3.05, 3.63) is 24.3 Å². The molecule has 18 heavy (non-hydrogen) atoms. The monoisotopic (exact) mass is 265 g/mol. The Morgan fingerprint density at radius 1 is 1.28 bits per heavy atom. The molecule has 0 saturated carbocycles. The lowest BCUT2D eigenvalue weighted by molar-refractivity contribution is -0.129. The standard InChI is InChI=1S/C14H19NO2S/c1-17-12-4-6-13(7-5-12)18-11-8-14(16)15-9-2-3-10-15/h4-7H,2-3,8-11H2,1H3. The highest BCUT2D eigenvalue weighted by Gasteiger charge is 2.16. The van der Waals surface area contributed by atoms with Crippen molar-refractivity contribution >= 4 is 17.7 Å². The molecule has 1 aromatic rings. The van der Waals surface area contributed by atoms with E-state index in [0.29, 0.717) is 12.3 Å². The van der Waals surface area contributed by atoms with Gasteiger partial charge in [0.25, 0.3) is 0 Å². The van der Waals surface area contributed by atoms with Gasteiger partial charge in [-0.05, 0) is 37.1 Å². The molecule has 0 atom stereocenters. The van der Waals surface area contributed by atoms with Gasteiger partial charge in [-0.3, -0.25) is 4.79 Å². The number of hydrogen-bond donors (Lipinski definition) is 0. The topological polar surface area (TPSA) is 29.5 Å². The molecular weight excluding hydrogens is 246 g/mol. The molecule has 0 aromatic heterocycles. The summed E-state index contributed by atoms with van der Waals surface area (Å²) in [4.78, 5) is 15.0. The SMILES string of the molecule is COc1ccc(SCCC(=O)N2CCCC2)cc1. The number of nitrogens with zero attached hydrogens (tertiary/aromatic N) is 1. The molecular formula is C14H19NO2S. The van der Waals surface area contributed by atoms with Crippen LogP contribution in [0.5, 0.6) is 5.75 Å². The summed E-state index contributed by atoms with van der Waals surface area (Å²) < 4.78 is 5.11. The van der Waals surface area contributed by atoms with Crippen molar-refractivity contribution in [1.29, 1.82) is 0 Å². The molecule has 2 rings (SSSR count). The van der Waals surface area contributed by atoms with Crippen molar-refractivity contribution in [3.8, 4) is 5.75 Å². The van der Waals surface area contributed by atoms with Crippen LogP contribution in [0.2, 0.25) is 0 Å². The fourth-order valence-corrected chi connectivity index (χ4v) is 2.89. The minimum absolute atomic E-state index is 0.300. The molecule has 1 aromatic carbocycles. The van der Waals surface area contributed by atoms with Gasteiger partial charge in [-0.1, -0.05) is 0 Å². The van der Waals surface area contributed by atoms with E-state index in [1.54, 1.807) is 18.9 Å². The molecule has 1 fully saturated rings. The van der Waals surface area contributed by atoms with Crippen LogP contribution in [0.25, 0.3) is 0 Å². The number of amides is 1. The van der Waals surface area contributed by atoms with E-state index in [4.69, 9.17) is 4.74 Å². The zero-order valence-electron chi connectivity index (χ0n) is 10.7. The second-order valence-corrected chi connectivity index (χ2v) is 5.53. The third-order valence-corrected chi connectivity index (χ3v) is 4.12. The van der Waals surface area contributed by atoms with E-state index in [0.717, 1.165) is 37.4 Å². The second kappa shape index (κ2) is 6.69. The van der Waals surface area contributed by atoms with Gasteiger partial charge in [0, 0.05) is 30.2 Å². The number of likely N-dealkylation sites (tertiary alicyclic amines) is 1. The lowest BCUT2D eigenvalue weighted by Gasteiger charge is -2.14. The Labute approximate surface area is 113 Å². The van der Waals surface area contributed by atoms with Crippen LogP contribution in [-0.2, 0) is 4.79 Å². The predicted molar refractivity (Wildman–Crippen MR) is 74.1 cm³/mol. The summed E-state index contributed by atoms with van der Waals surface area (Å²) in [6, 6.07) is 7.96. The van der Waals surface area contributed by atoms with Crippen LogP contribution in [0.1, 0.15) is 19.3 Å². The van der Waals surface area contributed by atoms with Crippen LogP contribution in [-0.4, -0.2) is 36.8 Å². The quantitative estimate of drug-likeness (QED) is 0.767. The van der Waals surface area contributed by atoms with Crippen molar-refractivity contribution in [2.24, 2.45) is 0 Å². The highest BCUT2D eigenvalue weighted by atomic mass is 32.2. The van der Waals surface area contributed by atoms with Gasteiger partial charge in [-0.25, -0.2) is 0 Å². The fraction of sp³-hybridized carbons (Fsp3) is 0.500. The molecule has 98 valence electrons. The van der Waals surface area contributed by atoms with E-state index >= 15 is 0 Å². The number of rotatable bonds is 5. The largest absolute Gasteiger partial charge is 0.497 e. The third kappa shape index (κ3) is 3.67. The van der Waals surface area contributed by atoms with Crippen LogP contribution in [0.3, 0.4) is 0 Å². The van der Waals surface area contributed by atoms with Gasteiger partial charge in [-0.15, -0.1) is 11.8 Å². The summed E-state index contributed by atoms with van der Waals surface area (Å²) in [7, 11) is 1.66. The Morgan fingerprint density at radius 3 is 2.56 bits per heavy atom. The van der Waals surface area contributed by atoms with Gasteiger partial charge < -0.3 is 9.64 Å². The number of hydrogen-bond acceptors (Lipinski definition) is 3. The first-order chi connectivity index (χ1) is 8.79. The maximum atomic E-state index is 11.8. The highest BCUT2D eigenvalue weighted by molar-refractivity contribution is 7.99. The number of benzene rings is 1. The van der Waals surface area contributed by atoms with Crippen molar-refractivity contribution < 1.29 is 9.53 Å². The molecule has 4 heteroatoms. The van der Waals surface area contributed by atoms with Gasteiger partial charge in [0.15, 0.2) is 0 Å². The van der Waals surface area contributed by atoms with Gasteiger partial charge in [-0.2, -0.15) is 0 Å². The molecule has 1 aliphatic rings.